The van der Waals surface area contributed by atoms with Crippen molar-refractivity contribution in [3.63, 3.8) is 0 Å². The van der Waals surface area contributed by atoms with Gasteiger partial charge < -0.3 is 10.2 Å². The van der Waals surface area contributed by atoms with Gasteiger partial charge in [0.05, 0.1) is 5.69 Å². The van der Waals surface area contributed by atoms with Gasteiger partial charge in [-0.1, -0.05) is 30.3 Å². The second-order valence-corrected chi connectivity index (χ2v) is 7.17. The highest BCUT2D eigenvalue weighted by Crippen LogP contribution is 2.22. The quantitative estimate of drug-likeness (QED) is 0.535. The van der Waals surface area contributed by atoms with Gasteiger partial charge in [-0.05, 0) is 18.3 Å². The Morgan fingerprint density at radius 2 is 1.76 bits per heavy atom. The van der Waals surface area contributed by atoms with Gasteiger partial charge in [-0.15, -0.1) is 0 Å². The van der Waals surface area contributed by atoms with E-state index in [0.717, 1.165) is 41.7 Å². The number of hydrogen-bond acceptors (Lipinski definition) is 6. The van der Waals surface area contributed by atoms with Crippen LogP contribution in [0.1, 0.15) is 18.4 Å². The van der Waals surface area contributed by atoms with Crippen LogP contribution >= 0.6 is 0 Å². The van der Waals surface area contributed by atoms with Crippen LogP contribution in [0.15, 0.2) is 55.0 Å². The molecule has 0 amide bonds. The third-order valence-corrected chi connectivity index (χ3v) is 5.12. The van der Waals surface area contributed by atoms with Crippen molar-refractivity contribution in [1.82, 2.24) is 24.6 Å². The molecule has 0 saturated carbocycles. The van der Waals surface area contributed by atoms with Crippen molar-refractivity contribution in [1.29, 1.82) is 0 Å². The van der Waals surface area contributed by atoms with Gasteiger partial charge in [0.1, 0.15) is 13.7 Å². The Kier molecular flexibility index (Phi) is 4.59. The minimum atomic E-state index is 0.545. The highest BCUT2D eigenvalue weighted by molar-refractivity contribution is 6.36. The minimum absolute atomic E-state index is 0.545. The molecule has 0 unspecified atom stereocenters. The van der Waals surface area contributed by atoms with Crippen LogP contribution in [0.4, 0.5) is 11.8 Å². The minimum Gasteiger partial charge on any atom is -0.366 e. The fraction of sp³-hybridized carbons (Fsp3) is 0.238. The van der Waals surface area contributed by atoms with Gasteiger partial charge in [0.2, 0.25) is 5.95 Å². The van der Waals surface area contributed by atoms with Crippen LogP contribution in [0.5, 0.6) is 0 Å². The number of anilines is 2. The predicted molar refractivity (Wildman–Crippen MR) is 115 cm³/mol. The molecular weight excluding hydrogens is 361 g/mol. The average molecular weight is 381 g/mol. The van der Waals surface area contributed by atoms with Gasteiger partial charge in [0.15, 0.2) is 5.65 Å². The van der Waals surface area contributed by atoms with E-state index < -0.39 is 0 Å². The maximum Gasteiger partial charge on any atom is 0.225 e. The third-order valence-electron chi connectivity index (χ3n) is 5.12. The lowest BCUT2D eigenvalue weighted by atomic mass is 10.0. The fourth-order valence-corrected chi connectivity index (χ4v) is 3.57. The van der Waals surface area contributed by atoms with Crippen LogP contribution in [0, 0.1) is 0 Å². The molecular formula is C21H20BN7. The molecule has 29 heavy (non-hydrogen) atoms. The zero-order valence-corrected chi connectivity index (χ0v) is 16.0. The maximum atomic E-state index is 6.08. The molecule has 4 aromatic rings. The van der Waals surface area contributed by atoms with Gasteiger partial charge in [0, 0.05) is 55.4 Å². The molecule has 8 heteroatoms. The van der Waals surface area contributed by atoms with Crippen LogP contribution in [0.25, 0.3) is 16.9 Å². The molecule has 1 fully saturated rings. The predicted octanol–water partition coefficient (Wildman–Crippen LogP) is 2.19. The highest BCUT2D eigenvalue weighted by atomic mass is 15.3. The molecule has 1 saturated heterocycles. The van der Waals surface area contributed by atoms with Gasteiger partial charge in [-0.25, -0.2) is 15.0 Å². The van der Waals surface area contributed by atoms with Gasteiger partial charge in [-0.3, -0.25) is 0 Å². The summed E-state index contributed by atoms with van der Waals surface area (Å²) < 4.78 is 1.72. The second-order valence-electron chi connectivity index (χ2n) is 7.17. The number of fused-ring (bicyclic) bond motifs is 1. The number of hydrogen-bond donors (Lipinski definition) is 1. The van der Waals surface area contributed by atoms with Crippen molar-refractivity contribution in [2.45, 2.75) is 19.4 Å². The van der Waals surface area contributed by atoms with E-state index in [-0.39, 0.29) is 0 Å². The summed E-state index contributed by atoms with van der Waals surface area (Å²) in [6.45, 7) is 2.65. The largest absolute Gasteiger partial charge is 0.366 e. The molecule has 2 radical (unpaired) electrons. The van der Waals surface area contributed by atoms with Gasteiger partial charge in [-0.2, -0.15) is 9.61 Å². The summed E-state index contributed by atoms with van der Waals surface area (Å²) in [7, 11) is 6.08. The van der Waals surface area contributed by atoms with E-state index in [2.05, 4.69) is 30.3 Å². The van der Waals surface area contributed by atoms with E-state index in [1.54, 1.807) is 10.7 Å². The van der Waals surface area contributed by atoms with Crippen molar-refractivity contribution in [2.75, 3.05) is 23.3 Å². The Balaban J connectivity index is 1.41. The molecule has 4 heterocycles. The van der Waals surface area contributed by atoms with Crippen LogP contribution in [-0.2, 0) is 6.54 Å². The molecule has 1 aromatic carbocycles. The van der Waals surface area contributed by atoms with E-state index in [4.69, 9.17) is 7.85 Å². The van der Waals surface area contributed by atoms with Crippen molar-refractivity contribution in [2.24, 2.45) is 0 Å². The summed E-state index contributed by atoms with van der Waals surface area (Å²) in [5.41, 5.74) is 4.04. The maximum absolute atomic E-state index is 6.08. The molecule has 0 spiro atoms. The van der Waals surface area contributed by atoms with Crippen LogP contribution in [0.2, 0.25) is 0 Å². The third kappa shape index (κ3) is 3.53. The van der Waals surface area contributed by atoms with Crippen LogP contribution in [-0.4, -0.2) is 45.5 Å². The van der Waals surface area contributed by atoms with Gasteiger partial charge in [0.25, 0.3) is 0 Å². The van der Waals surface area contributed by atoms with Crippen molar-refractivity contribution in [3.05, 3.63) is 60.6 Å². The molecule has 1 aliphatic heterocycles. The van der Waals surface area contributed by atoms with Gasteiger partial charge >= 0.3 is 0 Å². The molecule has 142 valence electrons. The highest BCUT2D eigenvalue weighted by Gasteiger charge is 2.15. The molecule has 1 N–H and O–H groups in total. The zero-order valence-electron chi connectivity index (χ0n) is 16.0. The molecule has 3 aromatic heterocycles. The normalized spacial score (nSPS) is 13.9. The lowest BCUT2D eigenvalue weighted by Gasteiger charge is -2.15. The van der Waals surface area contributed by atoms with E-state index in [0.29, 0.717) is 17.7 Å². The summed E-state index contributed by atoms with van der Waals surface area (Å²) in [5, 5.41) is 7.79. The first-order valence-corrected chi connectivity index (χ1v) is 9.77. The average Bonchev–Trinajstić information content (AvgIpc) is 3.44. The summed E-state index contributed by atoms with van der Waals surface area (Å²) >= 11 is 0. The number of benzene rings is 1. The summed E-state index contributed by atoms with van der Waals surface area (Å²) in [4.78, 5) is 16.0. The SMILES string of the molecule is [B]c1cnn2c(NCc3cnc(N4CCCC4)nc3)cc(-c3ccccc3)nc12. The molecule has 1 aliphatic rings. The number of aromatic nitrogens is 5. The Bertz CT molecular complexity index is 1120. The Labute approximate surface area is 170 Å². The van der Waals surface area contributed by atoms with Crippen LogP contribution in [0.3, 0.4) is 0 Å². The van der Waals surface area contributed by atoms with E-state index in [1.165, 1.54) is 12.8 Å². The van der Waals surface area contributed by atoms with E-state index >= 15 is 0 Å². The lowest BCUT2D eigenvalue weighted by molar-refractivity contribution is 0.884. The molecule has 5 rings (SSSR count). The Morgan fingerprint density at radius 3 is 2.52 bits per heavy atom. The first-order valence-electron chi connectivity index (χ1n) is 9.77. The molecule has 0 bridgehead atoms. The zero-order chi connectivity index (χ0) is 19.6. The Morgan fingerprint density at radius 1 is 1.00 bits per heavy atom. The van der Waals surface area contributed by atoms with Crippen LogP contribution < -0.4 is 15.7 Å². The monoisotopic (exact) mass is 381 g/mol. The summed E-state index contributed by atoms with van der Waals surface area (Å²) in [5.74, 6) is 1.62. The van der Waals surface area contributed by atoms with Crippen molar-refractivity contribution in [3.8, 4) is 11.3 Å². The number of nitrogens with one attached hydrogen (secondary N) is 1. The van der Waals surface area contributed by atoms with Crippen molar-refractivity contribution >= 4 is 30.7 Å². The first kappa shape index (κ1) is 17.7. The molecule has 0 aliphatic carbocycles. The lowest BCUT2D eigenvalue weighted by Crippen LogP contribution is -2.20. The number of rotatable bonds is 5. The topological polar surface area (TPSA) is 71.2 Å². The van der Waals surface area contributed by atoms with Crippen molar-refractivity contribution < 1.29 is 0 Å². The molecule has 0 atom stereocenters. The standard InChI is InChI=1S/C21H20BN7/c22-17-14-26-29-19(10-18(27-20(17)29)16-6-2-1-3-7-16)23-11-15-12-24-21(25-13-15)28-8-4-5-9-28/h1-3,6-7,10,12-14,23H,4-5,8-9,11H2. The second kappa shape index (κ2) is 7.54. The number of nitrogens with zero attached hydrogens (tertiary/aromatic N) is 6. The smallest absolute Gasteiger partial charge is 0.225 e. The van der Waals surface area contributed by atoms with E-state index in [9.17, 15) is 0 Å². The summed E-state index contributed by atoms with van der Waals surface area (Å²) in [6.07, 6.45) is 7.79. The fourth-order valence-electron chi connectivity index (χ4n) is 3.57. The summed E-state index contributed by atoms with van der Waals surface area (Å²) in [6, 6.07) is 12.0. The van der Waals surface area contributed by atoms with E-state index in [1.807, 2.05) is 48.8 Å². The first-order chi connectivity index (χ1) is 14.3. The Hall–Kier alpha value is -3.42. The molecule has 7 nitrogen and oxygen atoms in total.